The Balaban J connectivity index is 2.91. The van der Waals surface area contributed by atoms with Gasteiger partial charge in [0.2, 0.25) is 0 Å². The molecule has 0 bridgehead atoms. The summed E-state index contributed by atoms with van der Waals surface area (Å²) in [5.74, 6) is 0. The molecule has 0 N–H and O–H groups in total. The lowest BCUT2D eigenvalue weighted by atomic mass is 9.60. The average Bonchev–Trinajstić information content (AvgIpc) is 2.00. The SMILES string of the molecule is C=C(C)CC1(C)C(=C)C(C)=C1C. The van der Waals surface area contributed by atoms with Gasteiger partial charge in [-0.2, -0.15) is 0 Å². The van der Waals surface area contributed by atoms with E-state index in [1.54, 1.807) is 0 Å². The summed E-state index contributed by atoms with van der Waals surface area (Å²) in [5.41, 5.74) is 5.62. The molecule has 0 radical (unpaired) electrons. The smallest absolute Gasteiger partial charge is 0.0170 e. The van der Waals surface area contributed by atoms with Gasteiger partial charge in [0.1, 0.15) is 0 Å². The number of hydrogen-bond acceptors (Lipinski definition) is 0. The third-order valence-electron chi connectivity index (χ3n) is 3.16. The summed E-state index contributed by atoms with van der Waals surface area (Å²) in [6, 6.07) is 0. The van der Waals surface area contributed by atoms with Crippen molar-refractivity contribution in [1.82, 2.24) is 0 Å². The number of allylic oxidation sites excluding steroid dienone is 4. The minimum absolute atomic E-state index is 0.218. The zero-order valence-corrected chi connectivity index (χ0v) is 8.62. The van der Waals surface area contributed by atoms with Crippen LogP contribution in [0.2, 0.25) is 0 Å². The molecule has 0 aliphatic heterocycles. The fourth-order valence-corrected chi connectivity index (χ4v) is 2.06. The van der Waals surface area contributed by atoms with Gasteiger partial charge < -0.3 is 0 Å². The highest BCUT2D eigenvalue weighted by molar-refractivity contribution is 5.53. The van der Waals surface area contributed by atoms with Crippen LogP contribution in [0.25, 0.3) is 0 Å². The summed E-state index contributed by atoms with van der Waals surface area (Å²) in [6.07, 6.45) is 1.05. The molecular formula is C12H18. The molecule has 1 unspecified atom stereocenters. The van der Waals surface area contributed by atoms with Crippen molar-refractivity contribution in [2.24, 2.45) is 5.41 Å². The minimum Gasteiger partial charge on any atom is -0.100 e. The summed E-state index contributed by atoms with van der Waals surface area (Å²) in [6.45, 7) is 16.7. The van der Waals surface area contributed by atoms with Crippen LogP contribution in [0.3, 0.4) is 0 Å². The standard InChI is InChI=1S/C12H18/c1-8(2)7-12(6)10(4)9(3)11(12)5/h1,4,7H2,2-3,5-6H3. The molecule has 0 saturated heterocycles. The van der Waals surface area contributed by atoms with Crippen LogP contribution >= 0.6 is 0 Å². The first-order valence-electron chi connectivity index (χ1n) is 4.41. The second kappa shape index (κ2) is 2.62. The molecule has 0 amide bonds. The van der Waals surface area contributed by atoms with Gasteiger partial charge in [-0.1, -0.05) is 24.6 Å². The highest BCUT2D eigenvalue weighted by Gasteiger charge is 2.39. The first-order valence-corrected chi connectivity index (χ1v) is 4.41. The van der Waals surface area contributed by atoms with Gasteiger partial charge in [-0.3, -0.25) is 0 Å². The van der Waals surface area contributed by atoms with Crippen LogP contribution in [0.5, 0.6) is 0 Å². The van der Waals surface area contributed by atoms with Crippen LogP contribution in [-0.4, -0.2) is 0 Å². The molecule has 0 nitrogen and oxygen atoms in total. The summed E-state index contributed by atoms with van der Waals surface area (Å²) in [5, 5.41) is 0. The predicted octanol–water partition coefficient (Wildman–Crippen LogP) is 3.87. The molecule has 1 atom stereocenters. The van der Waals surface area contributed by atoms with Crippen LogP contribution in [0, 0.1) is 5.41 Å². The maximum Gasteiger partial charge on any atom is 0.0170 e. The molecule has 0 aromatic rings. The van der Waals surface area contributed by atoms with Gasteiger partial charge in [0.25, 0.3) is 0 Å². The van der Waals surface area contributed by atoms with Crippen molar-refractivity contribution < 1.29 is 0 Å². The van der Waals surface area contributed by atoms with Crippen molar-refractivity contribution >= 4 is 0 Å². The molecule has 0 saturated carbocycles. The van der Waals surface area contributed by atoms with E-state index in [-0.39, 0.29) is 5.41 Å². The molecule has 1 aliphatic carbocycles. The zero-order valence-electron chi connectivity index (χ0n) is 8.62. The van der Waals surface area contributed by atoms with E-state index in [0.29, 0.717) is 0 Å². The topological polar surface area (TPSA) is 0 Å². The third kappa shape index (κ3) is 1.06. The van der Waals surface area contributed by atoms with Crippen LogP contribution in [0.4, 0.5) is 0 Å². The molecule has 0 heteroatoms. The Morgan fingerprint density at radius 1 is 1.42 bits per heavy atom. The monoisotopic (exact) mass is 162 g/mol. The van der Waals surface area contributed by atoms with Crippen molar-refractivity contribution in [2.75, 3.05) is 0 Å². The van der Waals surface area contributed by atoms with Crippen LogP contribution in [-0.2, 0) is 0 Å². The van der Waals surface area contributed by atoms with E-state index in [4.69, 9.17) is 0 Å². The molecule has 66 valence electrons. The van der Waals surface area contributed by atoms with E-state index < -0.39 is 0 Å². The Morgan fingerprint density at radius 2 is 1.92 bits per heavy atom. The third-order valence-corrected chi connectivity index (χ3v) is 3.16. The van der Waals surface area contributed by atoms with Crippen molar-refractivity contribution in [3.63, 3.8) is 0 Å². The van der Waals surface area contributed by atoms with Crippen molar-refractivity contribution in [2.45, 2.75) is 34.1 Å². The van der Waals surface area contributed by atoms with Crippen LogP contribution in [0.15, 0.2) is 35.5 Å². The lowest BCUT2D eigenvalue weighted by Crippen LogP contribution is -2.31. The lowest BCUT2D eigenvalue weighted by Gasteiger charge is -2.44. The fourth-order valence-electron chi connectivity index (χ4n) is 2.06. The molecule has 12 heavy (non-hydrogen) atoms. The Bertz CT molecular complexity index is 278. The van der Waals surface area contributed by atoms with E-state index in [9.17, 15) is 0 Å². The predicted molar refractivity (Wildman–Crippen MR) is 55.1 cm³/mol. The summed E-state index contributed by atoms with van der Waals surface area (Å²) < 4.78 is 0. The largest absolute Gasteiger partial charge is 0.100 e. The van der Waals surface area contributed by atoms with Crippen molar-refractivity contribution in [3.8, 4) is 0 Å². The molecule has 0 aromatic carbocycles. The number of rotatable bonds is 2. The van der Waals surface area contributed by atoms with E-state index in [0.717, 1.165) is 6.42 Å². The molecule has 0 fully saturated rings. The van der Waals surface area contributed by atoms with Crippen molar-refractivity contribution in [3.05, 3.63) is 35.5 Å². The molecular weight excluding hydrogens is 144 g/mol. The summed E-state index contributed by atoms with van der Waals surface area (Å²) in [7, 11) is 0. The lowest BCUT2D eigenvalue weighted by molar-refractivity contribution is 0.436. The summed E-state index contributed by atoms with van der Waals surface area (Å²) in [4.78, 5) is 0. The van der Waals surface area contributed by atoms with E-state index in [2.05, 4.69) is 40.9 Å². The maximum absolute atomic E-state index is 4.10. The maximum atomic E-state index is 4.10. The van der Waals surface area contributed by atoms with Gasteiger partial charge in [0.15, 0.2) is 0 Å². The van der Waals surface area contributed by atoms with Gasteiger partial charge >= 0.3 is 0 Å². The van der Waals surface area contributed by atoms with E-state index >= 15 is 0 Å². The summed E-state index contributed by atoms with van der Waals surface area (Å²) >= 11 is 0. The van der Waals surface area contributed by atoms with Gasteiger partial charge in [-0.05, 0) is 38.3 Å². The van der Waals surface area contributed by atoms with E-state index in [1.807, 2.05) is 0 Å². The second-order valence-corrected chi connectivity index (χ2v) is 4.19. The second-order valence-electron chi connectivity index (χ2n) is 4.19. The number of hydrogen-bond donors (Lipinski definition) is 0. The Kier molecular flexibility index (Phi) is 2.03. The Labute approximate surface area is 75.7 Å². The van der Waals surface area contributed by atoms with E-state index in [1.165, 1.54) is 22.3 Å². The average molecular weight is 162 g/mol. The fraction of sp³-hybridized carbons (Fsp3) is 0.500. The first kappa shape index (κ1) is 9.31. The molecule has 1 aliphatic rings. The minimum atomic E-state index is 0.218. The van der Waals surface area contributed by atoms with Crippen LogP contribution < -0.4 is 0 Å². The van der Waals surface area contributed by atoms with Gasteiger partial charge in [0, 0.05) is 5.41 Å². The molecule has 0 heterocycles. The van der Waals surface area contributed by atoms with Crippen molar-refractivity contribution in [1.29, 1.82) is 0 Å². The van der Waals surface area contributed by atoms with Gasteiger partial charge in [-0.15, -0.1) is 6.58 Å². The quantitative estimate of drug-likeness (QED) is 0.541. The molecule has 1 rings (SSSR count). The highest BCUT2D eigenvalue weighted by Crippen LogP contribution is 2.52. The van der Waals surface area contributed by atoms with Gasteiger partial charge in [-0.25, -0.2) is 0 Å². The Morgan fingerprint density at radius 3 is 2.25 bits per heavy atom. The first-order chi connectivity index (χ1) is 5.39. The van der Waals surface area contributed by atoms with Gasteiger partial charge in [0.05, 0.1) is 0 Å². The molecule has 0 spiro atoms. The van der Waals surface area contributed by atoms with Crippen LogP contribution in [0.1, 0.15) is 34.1 Å². The normalized spacial score (nSPS) is 28.8. The highest BCUT2D eigenvalue weighted by atomic mass is 14.4. The molecule has 0 aromatic heterocycles. The Hall–Kier alpha value is -0.780. The zero-order chi connectivity index (χ0) is 9.52.